The fraction of sp³-hybridized carbons (Fsp3) is 0.455. The molecule has 0 aliphatic heterocycles. The largest absolute Gasteiger partial charge is 0.368 e. The first kappa shape index (κ1) is 15.9. The second-order valence-electron chi connectivity index (χ2n) is 4.52. The first-order valence-electron chi connectivity index (χ1n) is 5.59. The van der Waals surface area contributed by atoms with Crippen LogP contribution in [0.25, 0.3) is 0 Å². The van der Waals surface area contributed by atoms with Gasteiger partial charge in [0.15, 0.2) is 0 Å². The normalized spacial score (nSPS) is 13.5. The number of hydrogen-bond donors (Lipinski definition) is 2. The molecule has 0 aliphatic carbocycles. The zero-order valence-corrected chi connectivity index (χ0v) is 12.4. The van der Waals surface area contributed by atoms with Crippen LogP contribution in [0.15, 0.2) is 17.2 Å². The molecule has 1 amide bonds. The molecule has 0 saturated carbocycles. The molecule has 106 valence electrons. The predicted octanol–water partition coefficient (Wildman–Crippen LogP) is 0.832. The Labute approximate surface area is 117 Å². The molecule has 8 heteroatoms. The van der Waals surface area contributed by atoms with Crippen LogP contribution in [0.5, 0.6) is 0 Å². The molecule has 0 bridgehead atoms. The third kappa shape index (κ3) is 3.89. The van der Waals surface area contributed by atoms with Crippen molar-refractivity contribution in [1.82, 2.24) is 9.71 Å². The van der Waals surface area contributed by atoms with Crippen molar-refractivity contribution < 1.29 is 13.2 Å². The minimum absolute atomic E-state index is 0.0544. The molecule has 0 unspecified atom stereocenters. The lowest BCUT2D eigenvalue weighted by atomic mass is 10.1. The van der Waals surface area contributed by atoms with Crippen LogP contribution in [-0.2, 0) is 14.8 Å². The van der Waals surface area contributed by atoms with Crippen molar-refractivity contribution in [3.63, 3.8) is 0 Å². The van der Waals surface area contributed by atoms with Crippen LogP contribution in [0.2, 0.25) is 5.15 Å². The molecule has 6 nitrogen and oxygen atoms in total. The van der Waals surface area contributed by atoms with E-state index < -0.39 is 22.0 Å². The van der Waals surface area contributed by atoms with Gasteiger partial charge >= 0.3 is 0 Å². The number of carbonyl (C=O) groups is 1. The molecule has 0 saturated heterocycles. The van der Waals surface area contributed by atoms with Gasteiger partial charge in [0.25, 0.3) is 0 Å². The summed E-state index contributed by atoms with van der Waals surface area (Å²) in [6.07, 6.45) is 1.13. The lowest BCUT2D eigenvalue weighted by Crippen LogP contribution is -2.47. The van der Waals surface area contributed by atoms with Crippen molar-refractivity contribution in [2.45, 2.75) is 31.7 Å². The van der Waals surface area contributed by atoms with Crippen LogP contribution in [0.1, 0.15) is 19.4 Å². The summed E-state index contributed by atoms with van der Waals surface area (Å²) < 4.78 is 26.5. The third-order valence-electron chi connectivity index (χ3n) is 2.55. The molecule has 1 atom stereocenters. The van der Waals surface area contributed by atoms with E-state index in [9.17, 15) is 13.2 Å². The number of aromatic nitrogens is 1. The number of nitrogens with one attached hydrogen (secondary N) is 1. The number of halogens is 1. The van der Waals surface area contributed by atoms with E-state index in [0.717, 1.165) is 6.20 Å². The molecule has 0 aliphatic rings. The number of primary amides is 1. The minimum atomic E-state index is -3.86. The van der Waals surface area contributed by atoms with Crippen LogP contribution >= 0.6 is 11.6 Å². The Kier molecular flexibility index (Phi) is 4.89. The van der Waals surface area contributed by atoms with E-state index in [4.69, 9.17) is 17.3 Å². The summed E-state index contributed by atoms with van der Waals surface area (Å²) in [7, 11) is -3.86. The molecule has 1 aromatic heterocycles. The van der Waals surface area contributed by atoms with Crippen molar-refractivity contribution >= 4 is 27.5 Å². The fourth-order valence-electron chi connectivity index (χ4n) is 1.44. The van der Waals surface area contributed by atoms with E-state index in [1.165, 1.54) is 6.07 Å². The minimum Gasteiger partial charge on any atom is -0.368 e. The van der Waals surface area contributed by atoms with Gasteiger partial charge in [-0.3, -0.25) is 4.79 Å². The summed E-state index contributed by atoms with van der Waals surface area (Å²) in [5, 5.41) is 0.231. The lowest BCUT2D eigenvalue weighted by molar-refractivity contribution is -0.120. The zero-order chi connectivity index (χ0) is 14.8. The van der Waals surface area contributed by atoms with Crippen molar-refractivity contribution in [3.05, 3.63) is 23.0 Å². The van der Waals surface area contributed by atoms with Gasteiger partial charge in [-0.15, -0.1) is 0 Å². The average Bonchev–Trinajstić information content (AvgIpc) is 2.28. The highest BCUT2D eigenvalue weighted by molar-refractivity contribution is 7.89. The van der Waals surface area contributed by atoms with Gasteiger partial charge in [0.05, 0.1) is 0 Å². The number of nitrogens with two attached hydrogens (primary N) is 1. The van der Waals surface area contributed by atoms with Gasteiger partial charge in [-0.2, -0.15) is 4.72 Å². The van der Waals surface area contributed by atoms with Crippen LogP contribution in [0.4, 0.5) is 0 Å². The monoisotopic (exact) mass is 305 g/mol. The molecule has 1 aromatic rings. The number of nitrogens with zero attached hydrogens (tertiary/aromatic N) is 1. The summed E-state index contributed by atoms with van der Waals surface area (Å²) in [5.41, 5.74) is 5.71. The SMILES string of the molecule is Cc1cc(S(=O)(=O)N[C@H](C(N)=O)C(C)C)cnc1Cl. The quantitative estimate of drug-likeness (QED) is 0.787. The van der Waals surface area contributed by atoms with E-state index in [1.807, 2.05) is 0 Å². The molecule has 0 spiro atoms. The Hall–Kier alpha value is -1.18. The summed E-state index contributed by atoms with van der Waals surface area (Å²) >= 11 is 5.74. The molecule has 0 aromatic carbocycles. The second-order valence-corrected chi connectivity index (χ2v) is 6.60. The third-order valence-corrected chi connectivity index (χ3v) is 4.36. The van der Waals surface area contributed by atoms with Gasteiger partial charge < -0.3 is 5.73 Å². The first-order chi connectivity index (χ1) is 8.65. The van der Waals surface area contributed by atoms with Crippen LogP contribution < -0.4 is 10.5 Å². The number of hydrogen-bond acceptors (Lipinski definition) is 4. The first-order valence-corrected chi connectivity index (χ1v) is 7.45. The van der Waals surface area contributed by atoms with Gasteiger partial charge in [0, 0.05) is 6.20 Å². The topological polar surface area (TPSA) is 102 Å². The smallest absolute Gasteiger partial charge is 0.242 e. The standard InChI is InChI=1S/C11H16ClN3O3S/c1-6(2)9(11(13)16)15-19(17,18)8-4-7(3)10(12)14-5-8/h4-6,9,15H,1-3H3,(H2,13,16)/t9-/m0/s1. The van der Waals surface area contributed by atoms with Crippen molar-refractivity contribution in [3.8, 4) is 0 Å². The molecule has 0 fully saturated rings. The Morgan fingerprint density at radius 1 is 1.47 bits per heavy atom. The highest BCUT2D eigenvalue weighted by atomic mass is 35.5. The van der Waals surface area contributed by atoms with E-state index >= 15 is 0 Å². The molecular weight excluding hydrogens is 290 g/mol. The average molecular weight is 306 g/mol. The summed E-state index contributed by atoms with van der Waals surface area (Å²) in [4.78, 5) is 14.9. The maximum atomic E-state index is 12.1. The molecule has 1 heterocycles. The molecule has 1 rings (SSSR count). The van der Waals surface area contributed by atoms with Gasteiger partial charge in [-0.1, -0.05) is 25.4 Å². The summed E-state index contributed by atoms with van der Waals surface area (Å²) in [6.45, 7) is 5.04. The maximum Gasteiger partial charge on any atom is 0.242 e. The van der Waals surface area contributed by atoms with E-state index in [1.54, 1.807) is 20.8 Å². The van der Waals surface area contributed by atoms with Gasteiger partial charge in [-0.25, -0.2) is 13.4 Å². The number of carbonyl (C=O) groups excluding carboxylic acids is 1. The number of amides is 1. The van der Waals surface area contributed by atoms with Crippen molar-refractivity contribution in [2.75, 3.05) is 0 Å². The van der Waals surface area contributed by atoms with Gasteiger partial charge in [0.1, 0.15) is 16.1 Å². The van der Waals surface area contributed by atoms with E-state index in [0.29, 0.717) is 5.56 Å². The van der Waals surface area contributed by atoms with E-state index in [-0.39, 0.29) is 16.0 Å². The molecular formula is C11H16ClN3O3S. The van der Waals surface area contributed by atoms with Crippen LogP contribution in [0.3, 0.4) is 0 Å². The van der Waals surface area contributed by atoms with Crippen LogP contribution in [-0.4, -0.2) is 25.4 Å². The van der Waals surface area contributed by atoms with Crippen LogP contribution in [0, 0.1) is 12.8 Å². The highest BCUT2D eigenvalue weighted by Crippen LogP contribution is 2.17. The molecule has 3 N–H and O–H groups in total. The second kappa shape index (κ2) is 5.85. The maximum absolute atomic E-state index is 12.1. The number of rotatable bonds is 5. The van der Waals surface area contributed by atoms with E-state index in [2.05, 4.69) is 9.71 Å². The Balaban J connectivity index is 3.10. The fourth-order valence-corrected chi connectivity index (χ4v) is 2.92. The highest BCUT2D eigenvalue weighted by Gasteiger charge is 2.27. The zero-order valence-electron chi connectivity index (χ0n) is 10.8. The number of sulfonamides is 1. The number of pyridine rings is 1. The van der Waals surface area contributed by atoms with Crippen molar-refractivity contribution in [1.29, 1.82) is 0 Å². The number of aryl methyl sites for hydroxylation is 1. The molecule has 19 heavy (non-hydrogen) atoms. The summed E-state index contributed by atoms with van der Waals surface area (Å²) in [6, 6.07) is 0.414. The van der Waals surface area contributed by atoms with Gasteiger partial charge in [-0.05, 0) is 24.5 Å². The summed E-state index contributed by atoms with van der Waals surface area (Å²) in [5.74, 6) is -0.981. The lowest BCUT2D eigenvalue weighted by Gasteiger charge is -2.18. The predicted molar refractivity (Wildman–Crippen MR) is 72.1 cm³/mol. The molecule has 0 radical (unpaired) electrons. The Morgan fingerprint density at radius 2 is 2.05 bits per heavy atom. The van der Waals surface area contributed by atoms with Gasteiger partial charge in [0.2, 0.25) is 15.9 Å². The Bertz CT molecular complexity index is 587. The Morgan fingerprint density at radius 3 is 2.47 bits per heavy atom. The van der Waals surface area contributed by atoms with Crippen molar-refractivity contribution in [2.24, 2.45) is 11.7 Å².